The highest BCUT2D eigenvalue weighted by Crippen LogP contribution is 2.36. The van der Waals surface area contributed by atoms with Crippen LogP contribution >= 0.6 is 27.3 Å². The minimum Gasteiger partial charge on any atom is -0.493 e. The molecule has 0 radical (unpaired) electrons. The van der Waals surface area contributed by atoms with Gasteiger partial charge in [0.1, 0.15) is 5.75 Å². The molecule has 1 aliphatic rings. The van der Waals surface area contributed by atoms with Crippen molar-refractivity contribution in [2.75, 3.05) is 13.7 Å². The molecule has 0 N–H and O–H groups in total. The average Bonchev–Trinajstić information content (AvgIpc) is 3.18. The highest BCUT2D eigenvalue weighted by molar-refractivity contribution is 9.10. The molecule has 40 heavy (non-hydrogen) atoms. The first-order valence-electron chi connectivity index (χ1n) is 12.6. The number of fused-ring (bicyclic) bond motifs is 1. The number of thiazole rings is 1. The number of ether oxygens (including phenoxy) is 4. The second kappa shape index (κ2) is 12.2. The van der Waals surface area contributed by atoms with Crippen molar-refractivity contribution in [3.63, 3.8) is 0 Å². The van der Waals surface area contributed by atoms with E-state index in [0.717, 1.165) is 0 Å². The number of nitrogens with zero attached hydrogens (tertiary/aromatic N) is 2. The van der Waals surface area contributed by atoms with Gasteiger partial charge in [0.2, 0.25) is 0 Å². The molecule has 3 aromatic rings. The summed E-state index contributed by atoms with van der Waals surface area (Å²) < 4.78 is 24.5. The van der Waals surface area contributed by atoms with E-state index in [4.69, 9.17) is 18.9 Å². The van der Waals surface area contributed by atoms with Crippen LogP contribution in [0.5, 0.6) is 17.2 Å². The highest BCUT2D eigenvalue weighted by Gasteiger charge is 2.34. The SMILES string of the molecule is CCOC(=O)C1=C(C)N=c2s/c(=C/c3ccc(OC(C)=O)c(Br)c3)c(=O)n2[C@H]1c1ccc(OC(C)C)c(OC)c1. The summed E-state index contributed by atoms with van der Waals surface area (Å²) in [7, 11) is 1.54. The first-order valence-corrected chi connectivity index (χ1v) is 14.2. The van der Waals surface area contributed by atoms with Gasteiger partial charge in [-0.2, -0.15) is 0 Å². The van der Waals surface area contributed by atoms with E-state index in [2.05, 4.69) is 20.9 Å². The Morgan fingerprint density at radius 2 is 1.88 bits per heavy atom. The summed E-state index contributed by atoms with van der Waals surface area (Å²) in [6.45, 7) is 8.79. The molecule has 0 saturated carbocycles. The first kappa shape index (κ1) is 29.3. The number of esters is 2. The van der Waals surface area contributed by atoms with Gasteiger partial charge in [-0.3, -0.25) is 14.2 Å². The number of hydrogen-bond acceptors (Lipinski definition) is 9. The van der Waals surface area contributed by atoms with Crippen LogP contribution in [-0.2, 0) is 14.3 Å². The summed E-state index contributed by atoms with van der Waals surface area (Å²) in [6, 6.07) is 9.69. The van der Waals surface area contributed by atoms with Crippen LogP contribution in [0, 0.1) is 0 Å². The largest absolute Gasteiger partial charge is 0.493 e. The number of rotatable bonds is 8. The maximum Gasteiger partial charge on any atom is 0.338 e. The molecule has 0 aliphatic carbocycles. The van der Waals surface area contributed by atoms with Crippen molar-refractivity contribution in [2.45, 2.75) is 46.8 Å². The molecule has 2 heterocycles. The van der Waals surface area contributed by atoms with E-state index >= 15 is 0 Å². The monoisotopic (exact) mass is 628 g/mol. The van der Waals surface area contributed by atoms with Crippen LogP contribution in [0.25, 0.3) is 6.08 Å². The van der Waals surface area contributed by atoms with Crippen molar-refractivity contribution in [3.8, 4) is 17.2 Å². The molecule has 1 aliphatic heterocycles. The molecule has 4 rings (SSSR count). The summed E-state index contributed by atoms with van der Waals surface area (Å²) in [6.07, 6.45) is 1.66. The van der Waals surface area contributed by atoms with E-state index in [1.807, 2.05) is 19.9 Å². The molecule has 2 aromatic carbocycles. The van der Waals surface area contributed by atoms with E-state index in [1.54, 1.807) is 50.3 Å². The number of methoxy groups -OCH3 is 1. The van der Waals surface area contributed by atoms with Crippen molar-refractivity contribution in [2.24, 2.45) is 4.99 Å². The molecule has 0 bridgehead atoms. The Kier molecular flexibility index (Phi) is 8.95. The molecule has 210 valence electrons. The van der Waals surface area contributed by atoms with Gasteiger partial charge >= 0.3 is 11.9 Å². The van der Waals surface area contributed by atoms with Crippen LogP contribution in [0.1, 0.15) is 51.8 Å². The zero-order valence-electron chi connectivity index (χ0n) is 22.9. The number of carbonyl (C=O) groups is 2. The lowest BCUT2D eigenvalue weighted by Gasteiger charge is -2.25. The number of benzene rings is 2. The van der Waals surface area contributed by atoms with Gasteiger partial charge < -0.3 is 18.9 Å². The third-order valence-corrected chi connectivity index (χ3v) is 7.49. The second-order valence-electron chi connectivity index (χ2n) is 9.16. The number of allylic oxidation sites excluding steroid dienone is 1. The molecular formula is C29H29BrN2O7S. The Hall–Kier alpha value is -3.70. The van der Waals surface area contributed by atoms with Gasteiger partial charge in [-0.15, -0.1) is 0 Å². The average molecular weight is 630 g/mol. The predicted molar refractivity (Wildman–Crippen MR) is 155 cm³/mol. The van der Waals surface area contributed by atoms with Crippen LogP contribution in [-0.4, -0.2) is 36.3 Å². The van der Waals surface area contributed by atoms with E-state index in [-0.39, 0.29) is 23.8 Å². The lowest BCUT2D eigenvalue weighted by Crippen LogP contribution is -2.40. The zero-order valence-corrected chi connectivity index (χ0v) is 25.3. The molecule has 0 fully saturated rings. The molecule has 0 saturated heterocycles. The molecular weight excluding hydrogens is 600 g/mol. The Morgan fingerprint density at radius 1 is 1.15 bits per heavy atom. The van der Waals surface area contributed by atoms with Crippen LogP contribution < -0.4 is 29.1 Å². The van der Waals surface area contributed by atoms with Crippen LogP contribution in [0.4, 0.5) is 0 Å². The Labute approximate surface area is 243 Å². The molecule has 0 unspecified atom stereocenters. The summed E-state index contributed by atoms with van der Waals surface area (Å²) in [5, 5.41) is 0. The minimum absolute atomic E-state index is 0.0715. The van der Waals surface area contributed by atoms with Crippen molar-refractivity contribution in [1.82, 2.24) is 4.57 Å². The zero-order chi connectivity index (χ0) is 29.1. The van der Waals surface area contributed by atoms with Crippen molar-refractivity contribution < 1.29 is 28.5 Å². The van der Waals surface area contributed by atoms with Crippen LogP contribution in [0.15, 0.2) is 61.9 Å². The van der Waals surface area contributed by atoms with E-state index < -0.39 is 18.0 Å². The number of aromatic nitrogens is 1. The molecule has 9 nitrogen and oxygen atoms in total. The highest BCUT2D eigenvalue weighted by atomic mass is 79.9. The minimum atomic E-state index is -0.794. The second-order valence-corrected chi connectivity index (χ2v) is 11.0. The maximum absolute atomic E-state index is 13.9. The normalized spacial score (nSPS) is 15.0. The standard InChI is InChI=1S/C29H29BrN2O7S/c1-7-37-28(35)25-16(4)31-29-32(26(25)19-9-11-22(38-15(2)3)23(14-19)36-6)27(34)24(40-29)13-18-8-10-21(20(30)12-18)39-17(5)33/h8-15,26H,7H2,1-6H3/b24-13+/t26-/m0/s1. The molecule has 0 spiro atoms. The lowest BCUT2D eigenvalue weighted by molar-refractivity contribution is -0.139. The van der Waals surface area contributed by atoms with E-state index in [0.29, 0.717) is 47.9 Å². The smallest absolute Gasteiger partial charge is 0.338 e. The fourth-order valence-corrected chi connectivity index (χ4v) is 5.83. The number of halogens is 1. The molecule has 1 aromatic heterocycles. The van der Waals surface area contributed by atoms with Gasteiger partial charge in [0.15, 0.2) is 16.3 Å². The number of carbonyl (C=O) groups excluding carboxylic acids is 2. The van der Waals surface area contributed by atoms with Gasteiger partial charge in [-0.1, -0.05) is 23.5 Å². The van der Waals surface area contributed by atoms with Crippen LogP contribution in [0.2, 0.25) is 0 Å². The fraction of sp³-hybridized carbons (Fsp3) is 0.310. The lowest BCUT2D eigenvalue weighted by atomic mass is 9.95. The summed E-state index contributed by atoms with van der Waals surface area (Å²) >= 11 is 4.62. The molecule has 1 atom stereocenters. The van der Waals surface area contributed by atoms with Gasteiger partial charge in [-0.05, 0) is 85.1 Å². The number of hydrogen-bond donors (Lipinski definition) is 0. The van der Waals surface area contributed by atoms with Gasteiger partial charge in [0, 0.05) is 6.92 Å². The quantitative estimate of drug-likeness (QED) is 0.271. The summed E-state index contributed by atoms with van der Waals surface area (Å²) in [5.41, 5.74) is 1.78. The predicted octanol–water partition coefficient (Wildman–Crippen LogP) is 4.28. The summed E-state index contributed by atoms with van der Waals surface area (Å²) in [4.78, 5) is 43.4. The Balaban J connectivity index is 1.90. The first-order chi connectivity index (χ1) is 19.0. The van der Waals surface area contributed by atoms with E-state index in [1.165, 1.54) is 29.9 Å². The van der Waals surface area contributed by atoms with Crippen molar-refractivity contribution >= 4 is 45.3 Å². The molecule has 0 amide bonds. The third kappa shape index (κ3) is 6.05. The topological polar surface area (TPSA) is 105 Å². The van der Waals surface area contributed by atoms with Crippen molar-refractivity contribution in [1.29, 1.82) is 0 Å². The van der Waals surface area contributed by atoms with Crippen LogP contribution in [0.3, 0.4) is 0 Å². The van der Waals surface area contributed by atoms with Crippen molar-refractivity contribution in [3.05, 3.63) is 83.0 Å². The summed E-state index contributed by atoms with van der Waals surface area (Å²) in [5.74, 6) is 0.419. The fourth-order valence-electron chi connectivity index (χ4n) is 4.31. The molecule has 11 heteroatoms. The maximum atomic E-state index is 13.9. The Bertz CT molecular complexity index is 1690. The van der Waals surface area contributed by atoms with Gasteiger partial charge in [-0.25, -0.2) is 9.79 Å². The van der Waals surface area contributed by atoms with Gasteiger partial charge in [0.25, 0.3) is 5.56 Å². The Morgan fingerprint density at radius 3 is 2.50 bits per heavy atom. The van der Waals surface area contributed by atoms with E-state index in [9.17, 15) is 14.4 Å². The third-order valence-electron chi connectivity index (χ3n) is 5.89. The van der Waals surface area contributed by atoms with Gasteiger partial charge in [0.05, 0.1) is 46.1 Å².